The summed E-state index contributed by atoms with van der Waals surface area (Å²) in [5.74, 6) is 1.46. The van der Waals surface area contributed by atoms with E-state index in [9.17, 15) is 0 Å². The molecule has 1 heterocycles. The number of benzene rings is 1. The number of aliphatic imine (C=N–C) groups is 1. The Morgan fingerprint density at radius 2 is 2.04 bits per heavy atom. The van der Waals surface area contributed by atoms with Crippen LogP contribution in [0.4, 0.5) is 0 Å². The van der Waals surface area contributed by atoms with Gasteiger partial charge in [-0.25, -0.2) is 9.98 Å². The molecule has 0 radical (unpaired) electrons. The molecule has 1 aromatic carbocycles. The Labute approximate surface area is 184 Å². The molecule has 1 aliphatic rings. The minimum Gasteiger partial charge on any atom is -0.444 e. The van der Waals surface area contributed by atoms with Gasteiger partial charge in [-0.1, -0.05) is 24.6 Å². The van der Waals surface area contributed by atoms with Crippen LogP contribution in [0.3, 0.4) is 0 Å². The average Bonchev–Trinajstić information content (AvgIpc) is 3.14. The predicted molar refractivity (Wildman–Crippen MR) is 123 cm³/mol. The Bertz CT molecular complexity index is 729. The number of rotatable bonds is 9. The molecule has 2 aromatic rings. The third-order valence-corrected chi connectivity index (χ3v) is 5.20. The summed E-state index contributed by atoms with van der Waals surface area (Å²) in [4.78, 5) is 9.22. The fourth-order valence-electron chi connectivity index (χ4n) is 3.38. The number of aromatic nitrogens is 1. The van der Waals surface area contributed by atoms with E-state index in [1.165, 1.54) is 19.3 Å². The Morgan fingerprint density at radius 1 is 1.25 bits per heavy atom. The van der Waals surface area contributed by atoms with Crippen molar-refractivity contribution in [1.82, 2.24) is 15.6 Å². The lowest BCUT2D eigenvalue weighted by Gasteiger charge is -2.42. The summed E-state index contributed by atoms with van der Waals surface area (Å²) in [6, 6.07) is 9.91. The van der Waals surface area contributed by atoms with Crippen LogP contribution in [-0.2, 0) is 11.3 Å². The molecule has 0 amide bonds. The molecule has 0 saturated heterocycles. The third-order valence-electron chi connectivity index (χ3n) is 5.20. The topological polar surface area (TPSA) is 71.7 Å². The van der Waals surface area contributed by atoms with Crippen molar-refractivity contribution in [1.29, 1.82) is 0 Å². The largest absolute Gasteiger partial charge is 0.444 e. The molecule has 7 heteroatoms. The zero-order chi connectivity index (χ0) is 19.0. The molecule has 1 aromatic heterocycles. The smallest absolute Gasteiger partial charge is 0.226 e. The highest BCUT2D eigenvalue weighted by Crippen LogP contribution is 2.43. The first-order valence-electron chi connectivity index (χ1n) is 9.76. The second-order valence-corrected chi connectivity index (χ2v) is 7.16. The molecular formula is C21H31IN4O2. The quantitative estimate of drug-likeness (QED) is 0.308. The molecule has 0 spiro atoms. The average molecular weight is 498 g/mol. The number of methoxy groups -OCH3 is 1. The Hall–Kier alpha value is -1.61. The summed E-state index contributed by atoms with van der Waals surface area (Å²) in [5.41, 5.74) is 2.15. The lowest BCUT2D eigenvalue weighted by molar-refractivity contribution is 0.0732. The SMILES string of the molecule is CCNC(=NCc1coc(-c2ccccc2)n1)NCC1(CCOC)CCC1.I. The molecule has 3 rings (SSSR count). The maximum absolute atomic E-state index is 5.59. The van der Waals surface area contributed by atoms with Gasteiger partial charge >= 0.3 is 0 Å². The van der Waals surface area contributed by atoms with Crippen LogP contribution in [0.2, 0.25) is 0 Å². The van der Waals surface area contributed by atoms with E-state index in [4.69, 9.17) is 9.15 Å². The van der Waals surface area contributed by atoms with Crippen molar-refractivity contribution in [3.8, 4) is 11.5 Å². The van der Waals surface area contributed by atoms with Crippen LogP contribution in [0, 0.1) is 5.41 Å². The maximum Gasteiger partial charge on any atom is 0.226 e. The standard InChI is InChI=1S/C21H30N4O2.HI/c1-3-22-20(24-16-21(10-7-11-21)12-13-26-2)23-14-18-15-27-19(25-18)17-8-5-4-6-9-17;/h4-6,8-9,15H,3,7,10-14,16H2,1-2H3,(H2,22,23,24);1H. The number of hydrogen-bond donors (Lipinski definition) is 2. The van der Waals surface area contributed by atoms with Crippen molar-refractivity contribution in [3.05, 3.63) is 42.3 Å². The van der Waals surface area contributed by atoms with Crippen LogP contribution in [0.1, 0.15) is 38.3 Å². The first-order valence-corrected chi connectivity index (χ1v) is 9.76. The van der Waals surface area contributed by atoms with Crippen molar-refractivity contribution < 1.29 is 9.15 Å². The molecule has 154 valence electrons. The minimum atomic E-state index is 0. The van der Waals surface area contributed by atoms with E-state index in [-0.39, 0.29) is 24.0 Å². The Kier molecular flexibility index (Phi) is 9.24. The van der Waals surface area contributed by atoms with E-state index in [1.54, 1.807) is 13.4 Å². The van der Waals surface area contributed by atoms with Crippen LogP contribution < -0.4 is 10.6 Å². The van der Waals surface area contributed by atoms with Gasteiger partial charge in [0.05, 0.1) is 6.54 Å². The molecule has 0 aliphatic heterocycles. The van der Waals surface area contributed by atoms with E-state index >= 15 is 0 Å². The van der Waals surface area contributed by atoms with Gasteiger partial charge < -0.3 is 19.8 Å². The van der Waals surface area contributed by atoms with Crippen molar-refractivity contribution in [2.75, 3.05) is 26.8 Å². The first kappa shape index (κ1) is 22.7. The van der Waals surface area contributed by atoms with E-state index in [2.05, 4.69) is 27.5 Å². The van der Waals surface area contributed by atoms with E-state index in [0.29, 0.717) is 17.9 Å². The van der Waals surface area contributed by atoms with Crippen LogP contribution >= 0.6 is 24.0 Å². The lowest BCUT2D eigenvalue weighted by atomic mass is 9.67. The van der Waals surface area contributed by atoms with Gasteiger partial charge in [0.15, 0.2) is 5.96 Å². The number of nitrogens with one attached hydrogen (secondary N) is 2. The minimum absolute atomic E-state index is 0. The van der Waals surface area contributed by atoms with Gasteiger partial charge in [-0.15, -0.1) is 24.0 Å². The van der Waals surface area contributed by atoms with Gasteiger partial charge in [-0.3, -0.25) is 0 Å². The number of guanidine groups is 1. The predicted octanol–water partition coefficient (Wildman–Crippen LogP) is 4.22. The number of hydrogen-bond acceptors (Lipinski definition) is 4. The molecular weight excluding hydrogens is 467 g/mol. The zero-order valence-corrected chi connectivity index (χ0v) is 19.1. The fourth-order valence-corrected chi connectivity index (χ4v) is 3.38. The van der Waals surface area contributed by atoms with Gasteiger partial charge in [-0.05, 0) is 43.7 Å². The monoisotopic (exact) mass is 498 g/mol. The summed E-state index contributed by atoms with van der Waals surface area (Å²) in [5, 5.41) is 6.82. The first-order chi connectivity index (χ1) is 13.2. The van der Waals surface area contributed by atoms with Crippen molar-refractivity contribution in [2.24, 2.45) is 10.4 Å². The highest BCUT2D eigenvalue weighted by atomic mass is 127. The van der Waals surface area contributed by atoms with E-state index in [1.807, 2.05) is 30.3 Å². The van der Waals surface area contributed by atoms with Crippen LogP contribution in [0.25, 0.3) is 11.5 Å². The number of nitrogens with zero attached hydrogens (tertiary/aromatic N) is 2. The summed E-state index contributed by atoms with van der Waals surface area (Å²) in [7, 11) is 1.77. The van der Waals surface area contributed by atoms with Crippen molar-refractivity contribution in [3.63, 3.8) is 0 Å². The maximum atomic E-state index is 5.59. The van der Waals surface area contributed by atoms with Gasteiger partial charge in [0.2, 0.25) is 5.89 Å². The molecule has 1 saturated carbocycles. The van der Waals surface area contributed by atoms with Gasteiger partial charge in [0.25, 0.3) is 0 Å². The molecule has 0 atom stereocenters. The normalized spacial score (nSPS) is 15.4. The van der Waals surface area contributed by atoms with Gasteiger partial charge in [0, 0.05) is 32.4 Å². The lowest BCUT2D eigenvalue weighted by Crippen LogP contribution is -2.46. The molecule has 0 bridgehead atoms. The van der Waals surface area contributed by atoms with E-state index in [0.717, 1.165) is 43.3 Å². The van der Waals surface area contributed by atoms with Crippen molar-refractivity contribution >= 4 is 29.9 Å². The molecule has 1 fully saturated rings. The second kappa shape index (κ2) is 11.4. The Balaban J connectivity index is 0.00000280. The van der Waals surface area contributed by atoms with Crippen LogP contribution in [0.15, 0.2) is 46.0 Å². The second-order valence-electron chi connectivity index (χ2n) is 7.16. The van der Waals surface area contributed by atoms with Crippen LogP contribution in [0.5, 0.6) is 0 Å². The fraction of sp³-hybridized carbons (Fsp3) is 0.524. The number of ether oxygens (including phenoxy) is 1. The third kappa shape index (κ3) is 6.20. The molecule has 2 N–H and O–H groups in total. The number of halogens is 1. The Morgan fingerprint density at radius 3 is 2.68 bits per heavy atom. The summed E-state index contributed by atoms with van der Waals surface area (Å²) in [6.07, 6.45) is 6.60. The highest BCUT2D eigenvalue weighted by Gasteiger charge is 2.36. The summed E-state index contributed by atoms with van der Waals surface area (Å²) >= 11 is 0. The summed E-state index contributed by atoms with van der Waals surface area (Å²) in [6.45, 7) is 5.12. The van der Waals surface area contributed by atoms with E-state index < -0.39 is 0 Å². The molecule has 6 nitrogen and oxygen atoms in total. The van der Waals surface area contributed by atoms with Gasteiger partial charge in [-0.2, -0.15) is 0 Å². The van der Waals surface area contributed by atoms with Crippen molar-refractivity contribution in [2.45, 2.75) is 39.2 Å². The molecule has 28 heavy (non-hydrogen) atoms. The zero-order valence-electron chi connectivity index (χ0n) is 16.7. The summed E-state index contributed by atoms with van der Waals surface area (Å²) < 4.78 is 10.9. The number of oxazole rings is 1. The molecule has 0 unspecified atom stereocenters. The van der Waals surface area contributed by atoms with Crippen LogP contribution in [-0.4, -0.2) is 37.7 Å². The molecule has 1 aliphatic carbocycles. The highest BCUT2D eigenvalue weighted by molar-refractivity contribution is 14.0. The van der Waals surface area contributed by atoms with Gasteiger partial charge in [0.1, 0.15) is 12.0 Å².